The molecule has 4 heteroatoms. The predicted molar refractivity (Wildman–Crippen MR) is 122 cm³/mol. The predicted octanol–water partition coefficient (Wildman–Crippen LogP) is 4.94. The van der Waals surface area contributed by atoms with E-state index in [1.54, 1.807) is 0 Å². The lowest BCUT2D eigenvalue weighted by molar-refractivity contribution is 0.123. The maximum absolute atomic E-state index is 7.30. The molecule has 4 rings (SSSR count). The summed E-state index contributed by atoms with van der Waals surface area (Å²) in [7, 11) is -2.44. The smallest absolute Gasteiger partial charge is 0.261 e. The summed E-state index contributed by atoms with van der Waals surface area (Å²) in [6.07, 6.45) is 10.7. The van der Waals surface area contributed by atoms with E-state index in [0.29, 0.717) is 12.1 Å². The summed E-state index contributed by atoms with van der Waals surface area (Å²) >= 11 is 0. The molecular weight excluding hydrogens is 372 g/mol. The fourth-order valence-electron chi connectivity index (χ4n) is 4.89. The van der Waals surface area contributed by atoms with Gasteiger partial charge in [0.05, 0.1) is 6.33 Å². The van der Waals surface area contributed by atoms with Crippen molar-refractivity contribution in [2.24, 2.45) is 0 Å². The molecule has 0 radical (unpaired) electrons. The summed E-state index contributed by atoms with van der Waals surface area (Å²) in [6, 6.07) is 22.5. The molecule has 0 bridgehead atoms. The highest BCUT2D eigenvalue weighted by Crippen LogP contribution is 2.40. The van der Waals surface area contributed by atoms with Crippen LogP contribution in [-0.4, -0.2) is 24.0 Å². The molecule has 3 aromatic rings. The highest BCUT2D eigenvalue weighted by atomic mass is 28.4. The third-order valence-electron chi connectivity index (χ3n) is 6.35. The van der Waals surface area contributed by atoms with E-state index in [1.807, 2.05) is 12.5 Å². The van der Waals surface area contributed by atoms with E-state index in [-0.39, 0.29) is 5.04 Å². The molecular formula is C25H32N2OSi. The highest BCUT2D eigenvalue weighted by molar-refractivity contribution is 6.99. The molecule has 0 unspecified atom stereocenters. The number of benzene rings is 2. The third kappa shape index (κ3) is 3.96. The minimum Gasteiger partial charge on any atom is -0.404 e. The standard InChI is InChI=1S/C25H32N2OSi/c1-25(2,3)29(23-10-6-4-7-11-23,24-12-8-5-9-13-24)28-22-16-14-21(15-17-22)27-19-18-26-20-27/h4-13,18-22H,14-17H2,1-3H3. The first-order valence-corrected chi connectivity index (χ1v) is 12.7. The van der Waals surface area contributed by atoms with Crippen molar-refractivity contribution >= 4 is 18.7 Å². The van der Waals surface area contributed by atoms with Gasteiger partial charge < -0.3 is 8.99 Å². The van der Waals surface area contributed by atoms with Crippen LogP contribution in [0.15, 0.2) is 79.4 Å². The SMILES string of the molecule is CC(C)(C)[Si](OC1CCC(n2ccnc2)CC1)(c1ccccc1)c1ccccc1. The van der Waals surface area contributed by atoms with Crippen LogP contribution >= 0.6 is 0 Å². The third-order valence-corrected chi connectivity index (χ3v) is 11.4. The number of rotatable bonds is 5. The Morgan fingerprint density at radius 3 is 1.86 bits per heavy atom. The molecule has 0 spiro atoms. The normalized spacial score (nSPS) is 20.5. The van der Waals surface area contributed by atoms with Crippen LogP contribution < -0.4 is 10.4 Å². The van der Waals surface area contributed by atoms with Gasteiger partial charge in [-0.2, -0.15) is 0 Å². The average Bonchev–Trinajstić information content (AvgIpc) is 3.28. The lowest BCUT2D eigenvalue weighted by Gasteiger charge is -2.46. The van der Waals surface area contributed by atoms with Gasteiger partial charge in [-0.3, -0.25) is 0 Å². The van der Waals surface area contributed by atoms with Gasteiger partial charge in [0, 0.05) is 24.5 Å². The van der Waals surface area contributed by atoms with Crippen LogP contribution in [0, 0.1) is 0 Å². The zero-order valence-electron chi connectivity index (χ0n) is 17.8. The van der Waals surface area contributed by atoms with Crippen molar-refractivity contribution in [2.75, 3.05) is 0 Å². The van der Waals surface area contributed by atoms with Crippen molar-refractivity contribution in [3.63, 3.8) is 0 Å². The second kappa shape index (κ2) is 8.29. The van der Waals surface area contributed by atoms with Gasteiger partial charge >= 0.3 is 0 Å². The van der Waals surface area contributed by atoms with Crippen LogP contribution in [0.1, 0.15) is 52.5 Å². The van der Waals surface area contributed by atoms with Gasteiger partial charge in [-0.1, -0.05) is 81.4 Å². The van der Waals surface area contributed by atoms with E-state index in [4.69, 9.17) is 4.43 Å². The van der Waals surface area contributed by atoms with Crippen LogP contribution in [-0.2, 0) is 4.43 Å². The molecule has 3 nitrogen and oxygen atoms in total. The summed E-state index contributed by atoms with van der Waals surface area (Å²) in [4.78, 5) is 4.23. The minimum atomic E-state index is -2.44. The molecule has 0 amide bonds. The molecule has 1 aliphatic rings. The summed E-state index contributed by atoms with van der Waals surface area (Å²) in [6.45, 7) is 7.07. The Kier molecular flexibility index (Phi) is 5.75. The van der Waals surface area contributed by atoms with Crippen molar-refractivity contribution in [3.05, 3.63) is 79.4 Å². The van der Waals surface area contributed by atoms with Gasteiger partial charge in [0.1, 0.15) is 0 Å². The fraction of sp³-hybridized carbons (Fsp3) is 0.400. The van der Waals surface area contributed by atoms with Gasteiger partial charge in [-0.25, -0.2) is 4.98 Å². The minimum absolute atomic E-state index is 0.0386. The largest absolute Gasteiger partial charge is 0.404 e. The second-order valence-electron chi connectivity index (χ2n) is 9.22. The molecule has 29 heavy (non-hydrogen) atoms. The lowest BCUT2D eigenvalue weighted by Crippen LogP contribution is -2.67. The average molecular weight is 405 g/mol. The zero-order chi connectivity index (χ0) is 20.3. The quantitative estimate of drug-likeness (QED) is 0.563. The van der Waals surface area contributed by atoms with Gasteiger partial charge in [0.25, 0.3) is 8.32 Å². The Balaban J connectivity index is 1.66. The van der Waals surface area contributed by atoms with Crippen LogP contribution in [0.4, 0.5) is 0 Å². The molecule has 152 valence electrons. The Hall–Kier alpha value is -2.17. The number of imidazole rings is 1. The first kappa shape index (κ1) is 20.1. The first-order chi connectivity index (χ1) is 14.0. The summed E-state index contributed by atoms with van der Waals surface area (Å²) in [5.74, 6) is 0. The van der Waals surface area contributed by atoms with Crippen LogP contribution in [0.5, 0.6) is 0 Å². The van der Waals surface area contributed by atoms with E-state index < -0.39 is 8.32 Å². The fourth-order valence-corrected chi connectivity index (χ4v) is 9.64. The molecule has 0 saturated heterocycles. The molecule has 1 fully saturated rings. The Bertz CT molecular complexity index is 840. The van der Waals surface area contributed by atoms with Gasteiger partial charge in [0.15, 0.2) is 0 Å². The summed E-state index contributed by atoms with van der Waals surface area (Å²) in [5.41, 5.74) is 0. The van der Waals surface area contributed by atoms with Crippen molar-refractivity contribution in [3.8, 4) is 0 Å². The number of hydrogen-bond donors (Lipinski definition) is 0. The molecule has 1 heterocycles. The van der Waals surface area contributed by atoms with E-state index in [0.717, 1.165) is 25.7 Å². The molecule has 1 saturated carbocycles. The van der Waals surface area contributed by atoms with Gasteiger partial charge in [-0.15, -0.1) is 0 Å². The summed E-state index contributed by atoms with van der Waals surface area (Å²) < 4.78 is 9.56. The molecule has 2 aromatic carbocycles. The van der Waals surface area contributed by atoms with Crippen molar-refractivity contribution in [2.45, 2.75) is 63.6 Å². The molecule has 1 aliphatic carbocycles. The van der Waals surface area contributed by atoms with Crippen LogP contribution in [0.2, 0.25) is 5.04 Å². The molecule has 0 atom stereocenters. The number of hydrogen-bond acceptors (Lipinski definition) is 2. The summed E-state index contributed by atoms with van der Waals surface area (Å²) in [5, 5.41) is 2.78. The maximum Gasteiger partial charge on any atom is 0.261 e. The second-order valence-corrected chi connectivity index (χ2v) is 13.5. The van der Waals surface area contributed by atoms with Crippen molar-refractivity contribution < 1.29 is 4.43 Å². The van der Waals surface area contributed by atoms with Crippen molar-refractivity contribution in [1.29, 1.82) is 0 Å². The Morgan fingerprint density at radius 2 is 1.41 bits per heavy atom. The number of aromatic nitrogens is 2. The van der Waals surface area contributed by atoms with Gasteiger partial charge in [0.2, 0.25) is 0 Å². The monoisotopic (exact) mass is 404 g/mol. The van der Waals surface area contributed by atoms with E-state index in [9.17, 15) is 0 Å². The van der Waals surface area contributed by atoms with E-state index >= 15 is 0 Å². The highest BCUT2D eigenvalue weighted by Gasteiger charge is 2.51. The van der Waals surface area contributed by atoms with E-state index in [1.165, 1.54) is 10.4 Å². The van der Waals surface area contributed by atoms with Crippen molar-refractivity contribution in [1.82, 2.24) is 9.55 Å². The lowest BCUT2D eigenvalue weighted by atomic mass is 9.93. The van der Waals surface area contributed by atoms with Crippen LogP contribution in [0.3, 0.4) is 0 Å². The zero-order valence-corrected chi connectivity index (χ0v) is 18.8. The topological polar surface area (TPSA) is 27.1 Å². The number of nitrogens with zero attached hydrogens (tertiary/aromatic N) is 2. The van der Waals surface area contributed by atoms with Gasteiger partial charge in [-0.05, 0) is 41.1 Å². The van der Waals surface area contributed by atoms with E-state index in [2.05, 4.69) is 97.2 Å². The Labute approximate surface area is 175 Å². The van der Waals surface area contributed by atoms with Crippen LogP contribution in [0.25, 0.3) is 0 Å². The maximum atomic E-state index is 7.30. The molecule has 0 aliphatic heterocycles. The Morgan fingerprint density at radius 1 is 0.862 bits per heavy atom. The molecule has 1 aromatic heterocycles. The first-order valence-electron chi connectivity index (χ1n) is 10.8. The molecule has 0 N–H and O–H groups in total.